The third-order valence-corrected chi connectivity index (χ3v) is 1.40. The molecule has 2 unspecified atom stereocenters. The summed E-state index contributed by atoms with van der Waals surface area (Å²) in [6.07, 6.45) is -0.839. The number of rotatable bonds is 1. The fraction of sp³-hybridized carbons (Fsp3) is 0.333. The van der Waals surface area contributed by atoms with E-state index in [2.05, 4.69) is 0 Å². The van der Waals surface area contributed by atoms with Gasteiger partial charge in [0, 0.05) is 12.2 Å². The first-order valence-electron chi connectivity index (χ1n) is 3.04. The van der Waals surface area contributed by atoms with E-state index in [0.717, 1.165) is 6.08 Å². The molecule has 1 aliphatic rings. The second-order valence-electron chi connectivity index (χ2n) is 2.31. The molecule has 0 bridgehead atoms. The zero-order valence-corrected chi connectivity index (χ0v) is 5.78. The molecule has 1 aliphatic carbocycles. The second-order valence-corrected chi connectivity index (χ2v) is 2.31. The molecule has 0 spiro atoms. The van der Waals surface area contributed by atoms with Crippen molar-refractivity contribution in [1.82, 2.24) is 0 Å². The quantitative estimate of drug-likeness (QED) is 0.474. The molecule has 0 aromatic heterocycles. The molecule has 0 aliphatic heterocycles. The summed E-state index contributed by atoms with van der Waals surface area (Å²) in [5, 5.41) is 18.6. The Hall–Kier alpha value is -1.30. The zero-order valence-electron chi connectivity index (χ0n) is 5.78. The van der Waals surface area contributed by atoms with Crippen LogP contribution in [0.5, 0.6) is 0 Å². The first-order valence-corrected chi connectivity index (χ1v) is 3.04. The van der Waals surface area contributed by atoms with Crippen molar-refractivity contribution in [3.05, 3.63) is 34.0 Å². The lowest BCUT2D eigenvalue weighted by Gasteiger charge is -2.18. The van der Waals surface area contributed by atoms with Crippen LogP contribution in [0, 0.1) is 10.1 Å². The van der Waals surface area contributed by atoms with Gasteiger partial charge < -0.3 is 5.11 Å². The highest BCUT2D eigenvalue weighted by Crippen LogP contribution is 2.25. The van der Waals surface area contributed by atoms with E-state index >= 15 is 0 Å². The highest BCUT2D eigenvalue weighted by atomic mass is 19.2. The van der Waals surface area contributed by atoms with Crippen LogP contribution in [-0.2, 0) is 0 Å². The summed E-state index contributed by atoms with van der Waals surface area (Å²) in [7, 11) is 0. The minimum Gasteiger partial charge on any atom is -0.356 e. The maximum absolute atomic E-state index is 12.5. The first-order chi connectivity index (χ1) is 5.43. The Kier molecular flexibility index (Phi) is 1.93. The van der Waals surface area contributed by atoms with E-state index in [4.69, 9.17) is 5.11 Å². The van der Waals surface area contributed by atoms with E-state index in [9.17, 15) is 18.9 Å². The van der Waals surface area contributed by atoms with Crippen molar-refractivity contribution in [2.45, 2.75) is 12.0 Å². The van der Waals surface area contributed by atoms with E-state index in [0.29, 0.717) is 12.2 Å². The maximum Gasteiger partial charge on any atom is 0.268 e. The van der Waals surface area contributed by atoms with Crippen molar-refractivity contribution < 1.29 is 18.8 Å². The van der Waals surface area contributed by atoms with Gasteiger partial charge in [0.1, 0.15) is 0 Å². The van der Waals surface area contributed by atoms with Crippen LogP contribution >= 0.6 is 0 Å². The van der Waals surface area contributed by atoms with Gasteiger partial charge in [-0.3, -0.25) is 10.1 Å². The van der Waals surface area contributed by atoms with Crippen molar-refractivity contribution in [2.24, 2.45) is 0 Å². The van der Waals surface area contributed by atoms with Gasteiger partial charge in [0.2, 0.25) is 0 Å². The molecule has 1 N–H and O–H groups in total. The van der Waals surface area contributed by atoms with Gasteiger partial charge in [-0.1, -0.05) is 0 Å². The van der Waals surface area contributed by atoms with E-state index in [1.54, 1.807) is 0 Å². The molecule has 0 saturated carbocycles. The van der Waals surface area contributed by atoms with Gasteiger partial charge in [-0.25, -0.2) is 8.78 Å². The Labute approximate surface area is 66.0 Å². The fourth-order valence-electron chi connectivity index (χ4n) is 0.738. The maximum atomic E-state index is 12.5. The van der Waals surface area contributed by atoms with Crippen molar-refractivity contribution in [3.8, 4) is 0 Å². The number of hydrogen-bond donors (Lipinski definition) is 1. The normalized spacial score (nSPS) is 34.6. The third-order valence-electron chi connectivity index (χ3n) is 1.40. The zero-order chi connectivity index (χ0) is 9.35. The molecule has 0 aromatic carbocycles. The summed E-state index contributed by atoms with van der Waals surface area (Å²) >= 11 is 0. The Morgan fingerprint density at radius 3 is 2.75 bits per heavy atom. The fourth-order valence-corrected chi connectivity index (χ4v) is 0.738. The highest BCUT2D eigenvalue weighted by molar-refractivity contribution is 5.24. The Balaban J connectivity index is 2.91. The Morgan fingerprint density at radius 2 is 2.33 bits per heavy atom. The molecule has 2 atom stereocenters. The standard InChI is InChI=1S/C6H5F2NO3/c7-5-3-4(9(11)12)1-2-6(5,8)10/h1-3,5,10H. The van der Waals surface area contributed by atoms with Gasteiger partial charge in [-0.05, 0) is 6.08 Å². The summed E-state index contributed by atoms with van der Waals surface area (Å²) in [5.41, 5.74) is -0.565. The van der Waals surface area contributed by atoms with Crippen LogP contribution in [0.15, 0.2) is 23.9 Å². The number of allylic oxidation sites excluding steroid dienone is 1. The number of nitrogens with zero attached hydrogens (tertiary/aromatic N) is 1. The highest BCUT2D eigenvalue weighted by Gasteiger charge is 2.38. The van der Waals surface area contributed by atoms with Gasteiger partial charge in [-0.15, -0.1) is 0 Å². The van der Waals surface area contributed by atoms with Gasteiger partial charge in [0.15, 0.2) is 6.17 Å². The monoisotopic (exact) mass is 177 g/mol. The largest absolute Gasteiger partial charge is 0.356 e. The lowest BCUT2D eigenvalue weighted by molar-refractivity contribution is -0.420. The van der Waals surface area contributed by atoms with Crippen molar-refractivity contribution in [3.63, 3.8) is 0 Å². The Bertz CT molecular complexity index is 272. The summed E-state index contributed by atoms with van der Waals surface area (Å²) in [5.74, 6) is -3.13. The number of hydrogen-bond acceptors (Lipinski definition) is 3. The minimum atomic E-state index is -3.13. The van der Waals surface area contributed by atoms with Gasteiger partial charge >= 0.3 is 0 Å². The van der Waals surface area contributed by atoms with E-state index in [1.165, 1.54) is 0 Å². The first kappa shape index (κ1) is 8.79. The number of nitro groups is 1. The predicted octanol–water partition coefficient (Wildman–Crippen LogP) is 0.713. The molecule has 12 heavy (non-hydrogen) atoms. The summed E-state index contributed by atoms with van der Waals surface area (Å²) in [6.45, 7) is 0. The van der Waals surface area contributed by atoms with E-state index in [-0.39, 0.29) is 0 Å². The van der Waals surface area contributed by atoms with Crippen LogP contribution in [0.1, 0.15) is 0 Å². The average Bonchev–Trinajstić information content (AvgIpc) is 1.94. The van der Waals surface area contributed by atoms with Gasteiger partial charge in [-0.2, -0.15) is 0 Å². The second kappa shape index (κ2) is 2.63. The third kappa shape index (κ3) is 1.48. The molecular weight excluding hydrogens is 172 g/mol. The smallest absolute Gasteiger partial charge is 0.268 e. The molecular formula is C6H5F2NO3. The molecule has 0 aromatic rings. The number of halogens is 2. The average molecular weight is 177 g/mol. The van der Waals surface area contributed by atoms with Crippen LogP contribution < -0.4 is 0 Å². The van der Waals surface area contributed by atoms with Crippen LogP contribution in [0.25, 0.3) is 0 Å². The van der Waals surface area contributed by atoms with Crippen LogP contribution in [0.3, 0.4) is 0 Å². The topological polar surface area (TPSA) is 63.4 Å². The van der Waals surface area contributed by atoms with E-state index in [1.807, 2.05) is 0 Å². The number of alkyl halides is 2. The molecule has 0 saturated heterocycles. The molecule has 4 nitrogen and oxygen atoms in total. The predicted molar refractivity (Wildman–Crippen MR) is 35.2 cm³/mol. The number of aliphatic hydroxyl groups is 1. The van der Waals surface area contributed by atoms with Crippen LogP contribution in [0.4, 0.5) is 8.78 Å². The van der Waals surface area contributed by atoms with Crippen molar-refractivity contribution in [1.29, 1.82) is 0 Å². The summed E-state index contributed by atoms with van der Waals surface area (Å²) in [4.78, 5) is 9.16. The molecule has 0 heterocycles. The van der Waals surface area contributed by atoms with Gasteiger partial charge in [0.25, 0.3) is 11.6 Å². The lowest BCUT2D eigenvalue weighted by Crippen LogP contribution is -2.33. The van der Waals surface area contributed by atoms with Crippen molar-refractivity contribution >= 4 is 0 Å². The lowest BCUT2D eigenvalue weighted by atomic mass is 10.1. The van der Waals surface area contributed by atoms with Crippen LogP contribution in [-0.4, -0.2) is 22.1 Å². The van der Waals surface area contributed by atoms with Crippen LogP contribution in [0.2, 0.25) is 0 Å². The van der Waals surface area contributed by atoms with E-state index < -0.39 is 22.6 Å². The molecule has 0 radical (unpaired) electrons. The Morgan fingerprint density at radius 1 is 1.75 bits per heavy atom. The summed E-state index contributed by atoms with van der Waals surface area (Å²) in [6, 6.07) is 0. The van der Waals surface area contributed by atoms with Gasteiger partial charge in [0.05, 0.1) is 4.92 Å². The molecule has 0 amide bonds. The molecule has 0 fully saturated rings. The molecule has 6 heteroatoms. The van der Waals surface area contributed by atoms with Crippen molar-refractivity contribution in [2.75, 3.05) is 0 Å². The SMILES string of the molecule is O=[N+]([O-])C1=CC(F)C(O)(F)C=C1. The minimum absolute atomic E-state index is 0.413. The summed E-state index contributed by atoms with van der Waals surface area (Å²) < 4.78 is 25.0. The molecule has 1 rings (SSSR count). The molecule has 66 valence electrons.